The molecule has 2 saturated heterocycles. The van der Waals surface area contributed by atoms with Crippen LogP contribution in [-0.2, 0) is 14.3 Å². The Hall–Kier alpha value is -0.670. The molecule has 2 spiro atoms. The first-order valence-electron chi connectivity index (χ1n) is 5.78. The number of ketones is 1. The number of hydrogen-bond donors (Lipinski definition) is 0. The second-order valence-electron chi connectivity index (χ2n) is 4.70. The highest BCUT2D eigenvalue weighted by atomic mass is 16.6. The Balaban J connectivity index is 2.05. The van der Waals surface area contributed by atoms with E-state index in [-0.39, 0.29) is 11.4 Å². The molecule has 0 aromatic carbocycles. The maximum absolute atomic E-state index is 12.1. The van der Waals surface area contributed by atoms with Gasteiger partial charge in [0.05, 0.1) is 0 Å². The minimum absolute atomic E-state index is 0.119. The molecule has 0 bridgehead atoms. The van der Waals surface area contributed by atoms with E-state index < -0.39 is 5.60 Å². The van der Waals surface area contributed by atoms with Crippen LogP contribution in [0.2, 0.25) is 0 Å². The van der Waals surface area contributed by atoms with Gasteiger partial charge in [-0.05, 0) is 38.2 Å². The van der Waals surface area contributed by atoms with Crippen LogP contribution in [0.1, 0.15) is 32.1 Å². The molecule has 3 rings (SSSR count). The van der Waals surface area contributed by atoms with Gasteiger partial charge >= 0.3 is 0 Å². The number of rotatable bonds is 0. The molecule has 0 amide bonds. The van der Waals surface area contributed by atoms with Crippen LogP contribution < -0.4 is 0 Å². The standard InChI is InChI=1S/C12H16O3/c13-10-4-1-5-11(6-2-8-14-11)12(10)7-3-9-15-12/h1,4H,2-3,5-9H2/t11-,12-/m0/s1. The third-order valence-electron chi connectivity index (χ3n) is 3.98. The fraction of sp³-hybridized carbons (Fsp3) is 0.750. The van der Waals surface area contributed by atoms with E-state index in [9.17, 15) is 4.79 Å². The highest BCUT2D eigenvalue weighted by Gasteiger charge is 2.61. The maximum Gasteiger partial charge on any atom is 0.190 e. The fourth-order valence-electron chi connectivity index (χ4n) is 3.25. The second kappa shape index (κ2) is 3.16. The zero-order valence-electron chi connectivity index (χ0n) is 8.83. The molecule has 3 aliphatic rings. The van der Waals surface area contributed by atoms with Crippen molar-refractivity contribution >= 4 is 5.78 Å². The largest absolute Gasteiger partial charge is 0.371 e. The fourth-order valence-corrected chi connectivity index (χ4v) is 3.25. The zero-order chi connectivity index (χ0) is 10.4. The molecule has 2 aliphatic heterocycles. The SMILES string of the molecule is O=C1C=CC[C@]2(CCCO2)[C@]12CCCO2. The summed E-state index contributed by atoms with van der Waals surface area (Å²) in [5, 5.41) is 0. The van der Waals surface area contributed by atoms with Crippen molar-refractivity contribution in [1.82, 2.24) is 0 Å². The van der Waals surface area contributed by atoms with Crippen LogP contribution in [0.4, 0.5) is 0 Å². The molecule has 2 heterocycles. The first-order chi connectivity index (χ1) is 7.29. The third kappa shape index (κ3) is 1.11. The number of ether oxygens (including phenoxy) is 2. The predicted molar refractivity (Wildman–Crippen MR) is 54.6 cm³/mol. The van der Waals surface area contributed by atoms with Crippen LogP contribution in [0.25, 0.3) is 0 Å². The predicted octanol–water partition coefficient (Wildman–Crippen LogP) is 1.61. The van der Waals surface area contributed by atoms with Crippen molar-refractivity contribution in [1.29, 1.82) is 0 Å². The maximum atomic E-state index is 12.1. The smallest absolute Gasteiger partial charge is 0.190 e. The van der Waals surface area contributed by atoms with Gasteiger partial charge in [0.2, 0.25) is 0 Å². The normalized spacial score (nSPS) is 44.7. The van der Waals surface area contributed by atoms with Gasteiger partial charge in [-0.1, -0.05) is 6.08 Å². The Morgan fingerprint density at radius 1 is 1.13 bits per heavy atom. The molecular formula is C12H16O3. The van der Waals surface area contributed by atoms with Crippen molar-refractivity contribution < 1.29 is 14.3 Å². The molecule has 0 unspecified atom stereocenters. The zero-order valence-corrected chi connectivity index (χ0v) is 8.83. The molecule has 15 heavy (non-hydrogen) atoms. The highest BCUT2D eigenvalue weighted by Crippen LogP contribution is 2.49. The van der Waals surface area contributed by atoms with E-state index in [2.05, 4.69) is 0 Å². The lowest BCUT2D eigenvalue weighted by atomic mass is 9.71. The first-order valence-corrected chi connectivity index (χ1v) is 5.78. The lowest BCUT2D eigenvalue weighted by Crippen LogP contribution is -2.59. The number of carbonyl (C=O) groups is 1. The monoisotopic (exact) mass is 208 g/mol. The summed E-state index contributed by atoms with van der Waals surface area (Å²) in [4.78, 5) is 12.1. The van der Waals surface area contributed by atoms with E-state index in [4.69, 9.17) is 9.47 Å². The van der Waals surface area contributed by atoms with E-state index in [1.165, 1.54) is 0 Å². The van der Waals surface area contributed by atoms with Gasteiger partial charge in [-0.2, -0.15) is 0 Å². The average Bonchev–Trinajstić information content (AvgIpc) is 2.84. The first kappa shape index (κ1) is 9.55. The Morgan fingerprint density at radius 2 is 1.93 bits per heavy atom. The number of carbonyl (C=O) groups excluding carboxylic acids is 1. The van der Waals surface area contributed by atoms with Crippen LogP contribution in [-0.4, -0.2) is 30.2 Å². The van der Waals surface area contributed by atoms with Gasteiger partial charge in [0.25, 0.3) is 0 Å². The van der Waals surface area contributed by atoms with Crippen LogP contribution >= 0.6 is 0 Å². The van der Waals surface area contributed by atoms with Gasteiger partial charge in [0, 0.05) is 13.2 Å². The van der Waals surface area contributed by atoms with E-state index >= 15 is 0 Å². The molecule has 2 fully saturated rings. The summed E-state index contributed by atoms with van der Waals surface area (Å²) in [6.07, 6.45) is 8.27. The number of fused-ring (bicyclic) bond motifs is 1. The molecule has 0 saturated carbocycles. The molecule has 0 aromatic heterocycles. The van der Waals surface area contributed by atoms with E-state index in [1.54, 1.807) is 6.08 Å². The molecule has 1 aliphatic carbocycles. The molecule has 0 aromatic rings. The van der Waals surface area contributed by atoms with Crippen LogP contribution in [0.5, 0.6) is 0 Å². The Kier molecular flexibility index (Phi) is 2.01. The summed E-state index contributed by atoms with van der Waals surface area (Å²) in [6, 6.07) is 0. The van der Waals surface area contributed by atoms with Crippen molar-refractivity contribution in [3.05, 3.63) is 12.2 Å². The van der Waals surface area contributed by atoms with Crippen molar-refractivity contribution in [2.45, 2.75) is 43.3 Å². The average molecular weight is 208 g/mol. The Bertz CT molecular complexity index is 307. The summed E-state index contributed by atoms with van der Waals surface area (Å²) >= 11 is 0. The topological polar surface area (TPSA) is 35.5 Å². The van der Waals surface area contributed by atoms with Gasteiger partial charge in [0.15, 0.2) is 11.4 Å². The summed E-state index contributed by atoms with van der Waals surface area (Å²) in [7, 11) is 0. The van der Waals surface area contributed by atoms with Crippen molar-refractivity contribution in [2.75, 3.05) is 13.2 Å². The highest BCUT2D eigenvalue weighted by molar-refractivity contribution is 5.99. The minimum Gasteiger partial charge on any atom is -0.371 e. The molecule has 2 atom stereocenters. The Morgan fingerprint density at radius 3 is 2.60 bits per heavy atom. The third-order valence-corrected chi connectivity index (χ3v) is 3.98. The van der Waals surface area contributed by atoms with Gasteiger partial charge in [0.1, 0.15) is 5.60 Å². The lowest BCUT2D eigenvalue weighted by molar-refractivity contribution is -0.179. The summed E-state index contributed by atoms with van der Waals surface area (Å²) in [6.45, 7) is 1.47. The Labute approximate surface area is 89.4 Å². The molecule has 0 radical (unpaired) electrons. The second-order valence-corrected chi connectivity index (χ2v) is 4.70. The molecule has 0 N–H and O–H groups in total. The lowest BCUT2D eigenvalue weighted by Gasteiger charge is -2.44. The van der Waals surface area contributed by atoms with Crippen LogP contribution in [0.15, 0.2) is 12.2 Å². The van der Waals surface area contributed by atoms with Crippen molar-refractivity contribution in [3.63, 3.8) is 0 Å². The molecule has 82 valence electrons. The summed E-state index contributed by atoms with van der Waals surface area (Å²) < 4.78 is 11.7. The van der Waals surface area contributed by atoms with Gasteiger partial charge in [-0.3, -0.25) is 4.79 Å². The van der Waals surface area contributed by atoms with E-state index in [0.717, 1.165) is 38.7 Å². The minimum atomic E-state index is -0.641. The van der Waals surface area contributed by atoms with Crippen molar-refractivity contribution in [3.8, 4) is 0 Å². The molecule has 3 heteroatoms. The summed E-state index contributed by atoms with van der Waals surface area (Å²) in [5.74, 6) is 0.119. The number of hydrogen-bond acceptors (Lipinski definition) is 3. The van der Waals surface area contributed by atoms with Crippen LogP contribution in [0, 0.1) is 0 Å². The van der Waals surface area contributed by atoms with E-state index in [1.807, 2.05) is 6.08 Å². The van der Waals surface area contributed by atoms with E-state index in [0.29, 0.717) is 6.61 Å². The quantitative estimate of drug-likeness (QED) is 0.606. The van der Waals surface area contributed by atoms with Gasteiger partial charge in [-0.25, -0.2) is 0 Å². The van der Waals surface area contributed by atoms with Gasteiger partial charge < -0.3 is 9.47 Å². The molecular weight excluding hydrogens is 192 g/mol. The van der Waals surface area contributed by atoms with Crippen molar-refractivity contribution in [2.24, 2.45) is 0 Å². The summed E-state index contributed by atoms with van der Waals surface area (Å²) in [5.41, 5.74) is -0.979. The molecule has 3 nitrogen and oxygen atoms in total. The van der Waals surface area contributed by atoms with Crippen LogP contribution in [0.3, 0.4) is 0 Å². The van der Waals surface area contributed by atoms with Gasteiger partial charge in [-0.15, -0.1) is 0 Å².